The summed E-state index contributed by atoms with van der Waals surface area (Å²) in [5, 5.41) is 15.7. The molecule has 0 saturated heterocycles. The summed E-state index contributed by atoms with van der Waals surface area (Å²) in [5.74, 6) is -0.208. The largest absolute Gasteiger partial charge is 0.335 e. The zero-order valence-corrected chi connectivity index (χ0v) is 12.3. The Hall–Kier alpha value is -3.20. The Morgan fingerprint density at radius 3 is 2.74 bits per heavy atom. The van der Waals surface area contributed by atoms with E-state index in [1.807, 2.05) is 6.07 Å². The highest BCUT2D eigenvalue weighted by Gasteiger charge is 2.32. The summed E-state index contributed by atoms with van der Waals surface area (Å²) < 4.78 is 0. The van der Waals surface area contributed by atoms with E-state index < -0.39 is 0 Å². The minimum Gasteiger partial charge on any atom is -0.335 e. The number of carbonyl (C=O) groups is 1. The fourth-order valence-corrected chi connectivity index (χ4v) is 2.28. The lowest BCUT2D eigenvalue weighted by atomic mass is 10.1. The Morgan fingerprint density at radius 1 is 1.35 bits per heavy atom. The molecule has 0 N–H and O–H groups in total. The first kappa shape index (κ1) is 16.2. The van der Waals surface area contributed by atoms with E-state index >= 15 is 0 Å². The van der Waals surface area contributed by atoms with Crippen LogP contribution in [0.3, 0.4) is 0 Å². The predicted octanol–water partition coefficient (Wildman–Crippen LogP) is 3.96. The van der Waals surface area contributed by atoms with Crippen molar-refractivity contribution in [2.24, 2.45) is 10.2 Å². The van der Waals surface area contributed by atoms with Crippen molar-refractivity contribution in [2.75, 3.05) is 6.54 Å². The normalized spacial score (nSPS) is 12.5. The molecule has 0 aliphatic heterocycles. The van der Waals surface area contributed by atoms with Gasteiger partial charge in [-0.25, -0.2) is 0 Å². The highest BCUT2D eigenvalue weighted by Crippen LogP contribution is 2.29. The molecule has 1 aromatic rings. The number of benzene rings is 1. The number of hydrogen-bond acceptors (Lipinski definition) is 4. The first-order valence-corrected chi connectivity index (χ1v) is 7.07. The van der Waals surface area contributed by atoms with Crippen LogP contribution in [0.2, 0.25) is 0 Å². The molecule has 1 saturated carbocycles. The van der Waals surface area contributed by atoms with Crippen molar-refractivity contribution in [1.82, 2.24) is 4.90 Å². The molecule has 1 aromatic carbocycles. The SMILES string of the molecule is N#CCCN(C(=O)c1cc(CN=[N+]=[N-])cc(N=[N+]=[N-])c1)C1CC1. The van der Waals surface area contributed by atoms with E-state index in [9.17, 15) is 4.79 Å². The lowest BCUT2D eigenvalue weighted by molar-refractivity contribution is 0.0746. The van der Waals surface area contributed by atoms with Crippen molar-refractivity contribution in [2.45, 2.75) is 31.8 Å². The Morgan fingerprint density at radius 2 is 2.13 bits per heavy atom. The quantitative estimate of drug-likeness (QED) is 0.427. The topological polar surface area (TPSA) is 142 Å². The number of rotatable bonds is 7. The third-order valence-electron chi connectivity index (χ3n) is 3.41. The second-order valence-corrected chi connectivity index (χ2v) is 5.10. The highest BCUT2D eigenvalue weighted by atomic mass is 16.2. The molecule has 0 aromatic heterocycles. The van der Waals surface area contributed by atoms with Crippen LogP contribution in [0.5, 0.6) is 0 Å². The van der Waals surface area contributed by atoms with E-state index in [0.717, 1.165) is 12.8 Å². The van der Waals surface area contributed by atoms with Crippen LogP contribution in [0.1, 0.15) is 35.2 Å². The van der Waals surface area contributed by atoms with Crippen LogP contribution in [0.4, 0.5) is 5.69 Å². The first-order valence-electron chi connectivity index (χ1n) is 7.07. The molecule has 1 aliphatic carbocycles. The molecule has 0 bridgehead atoms. The predicted molar refractivity (Wildman–Crippen MR) is 82.4 cm³/mol. The van der Waals surface area contributed by atoms with Gasteiger partial charge in [0, 0.05) is 33.7 Å². The summed E-state index contributed by atoms with van der Waals surface area (Å²) in [6.07, 6.45) is 2.13. The van der Waals surface area contributed by atoms with Crippen LogP contribution in [-0.4, -0.2) is 23.4 Å². The standard InChI is InChI=1S/C14H14N8O/c15-4-1-5-22(13-2-3-13)14(23)11-6-10(9-18-20-16)7-12(8-11)19-21-17/h6-8,13H,1-3,5,9H2. The van der Waals surface area contributed by atoms with Crippen LogP contribution in [-0.2, 0) is 6.54 Å². The zero-order chi connectivity index (χ0) is 16.7. The summed E-state index contributed by atoms with van der Waals surface area (Å²) in [7, 11) is 0. The van der Waals surface area contributed by atoms with Crippen LogP contribution >= 0.6 is 0 Å². The number of nitriles is 1. The molecule has 0 spiro atoms. The van der Waals surface area contributed by atoms with Gasteiger partial charge in [-0.2, -0.15) is 5.26 Å². The molecule has 1 fully saturated rings. The maximum Gasteiger partial charge on any atom is 0.254 e. The van der Waals surface area contributed by atoms with Gasteiger partial charge in [0.25, 0.3) is 5.91 Å². The summed E-state index contributed by atoms with van der Waals surface area (Å²) in [6, 6.07) is 6.90. The fourth-order valence-electron chi connectivity index (χ4n) is 2.28. The van der Waals surface area contributed by atoms with E-state index in [1.54, 1.807) is 17.0 Å². The second kappa shape index (κ2) is 7.71. The first-order chi connectivity index (χ1) is 11.2. The molecule has 116 valence electrons. The van der Waals surface area contributed by atoms with Gasteiger partial charge in [0.15, 0.2) is 0 Å². The Balaban J connectivity index is 2.33. The van der Waals surface area contributed by atoms with Crippen molar-refractivity contribution in [3.63, 3.8) is 0 Å². The molecule has 9 heteroatoms. The molecule has 23 heavy (non-hydrogen) atoms. The third kappa shape index (κ3) is 4.38. The average Bonchev–Trinajstić information content (AvgIpc) is 3.38. The molecule has 1 aliphatic rings. The molecule has 0 atom stereocenters. The summed E-state index contributed by atoms with van der Waals surface area (Å²) in [5.41, 5.74) is 18.2. The fraction of sp³-hybridized carbons (Fsp3) is 0.429. The van der Waals surface area contributed by atoms with Crippen molar-refractivity contribution >= 4 is 11.6 Å². The van der Waals surface area contributed by atoms with Gasteiger partial charge in [0.2, 0.25) is 0 Å². The minimum absolute atomic E-state index is 0.0627. The van der Waals surface area contributed by atoms with Crippen LogP contribution < -0.4 is 0 Å². The Kier molecular flexibility index (Phi) is 5.42. The smallest absolute Gasteiger partial charge is 0.254 e. The molecule has 0 radical (unpaired) electrons. The number of azide groups is 2. The number of nitrogens with zero attached hydrogens (tertiary/aromatic N) is 8. The molecular formula is C14H14N8O. The lowest BCUT2D eigenvalue weighted by Crippen LogP contribution is -2.34. The summed E-state index contributed by atoms with van der Waals surface area (Å²) in [6.45, 7) is 0.435. The summed E-state index contributed by atoms with van der Waals surface area (Å²) >= 11 is 0. The maximum atomic E-state index is 12.7. The molecule has 0 unspecified atom stereocenters. The van der Waals surface area contributed by atoms with Crippen molar-refractivity contribution in [1.29, 1.82) is 5.26 Å². The lowest BCUT2D eigenvalue weighted by Gasteiger charge is -2.21. The van der Waals surface area contributed by atoms with E-state index in [4.69, 9.17) is 16.3 Å². The van der Waals surface area contributed by atoms with Gasteiger partial charge in [-0.1, -0.05) is 10.2 Å². The second-order valence-electron chi connectivity index (χ2n) is 5.10. The Bertz CT molecular complexity index is 736. The van der Waals surface area contributed by atoms with Gasteiger partial charge in [0.1, 0.15) is 0 Å². The van der Waals surface area contributed by atoms with Crippen molar-refractivity contribution < 1.29 is 4.79 Å². The van der Waals surface area contributed by atoms with Crippen LogP contribution in [0.25, 0.3) is 20.9 Å². The van der Waals surface area contributed by atoms with Crippen molar-refractivity contribution in [3.8, 4) is 6.07 Å². The van der Waals surface area contributed by atoms with Gasteiger partial charge in [-0.05, 0) is 47.7 Å². The van der Waals surface area contributed by atoms with E-state index in [0.29, 0.717) is 17.7 Å². The maximum absolute atomic E-state index is 12.7. The molecule has 1 amide bonds. The van der Waals surface area contributed by atoms with Gasteiger partial charge in [-0.3, -0.25) is 4.79 Å². The molecule has 2 rings (SSSR count). The number of hydrogen-bond donors (Lipinski definition) is 0. The van der Waals surface area contributed by atoms with E-state index in [1.165, 1.54) is 6.07 Å². The highest BCUT2D eigenvalue weighted by molar-refractivity contribution is 5.95. The molecule has 9 nitrogen and oxygen atoms in total. The van der Waals surface area contributed by atoms with E-state index in [2.05, 4.69) is 20.1 Å². The number of amides is 1. The zero-order valence-electron chi connectivity index (χ0n) is 12.3. The summed E-state index contributed by atoms with van der Waals surface area (Å²) in [4.78, 5) is 19.8. The van der Waals surface area contributed by atoms with Gasteiger partial charge < -0.3 is 4.90 Å². The average molecular weight is 310 g/mol. The van der Waals surface area contributed by atoms with E-state index in [-0.39, 0.29) is 30.6 Å². The Labute approximate surface area is 132 Å². The van der Waals surface area contributed by atoms with Gasteiger partial charge >= 0.3 is 0 Å². The van der Waals surface area contributed by atoms with Gasteiger partial charge in [-0.15, -0.1) is 0 Å². The molecule has 0 heterocycles. The third-order valence-corrected chi connectivity index (χ3v) is 3.41. The minimum atomic E-state index is -0.208. The monoisotopic (exact) mass is 310 g/mol. The van der Waals surface area contributed by atoms with Gasteiger partial charge in [0.05, 0.1) is 19.0 Å². The van der Waals surface area contributed by atoms with Crippen LogP contribution in [0, 0.1) is 11.3 Å². The van der Waals surface area contributed by atoms with Crippen LogP contribution in [0.15, 0.2) is 28.4 Å². The number of carbonyl (C=O) groups excluding carboxylic acids is 1. The van der Waals surface area contributed by atoms with Crippen molar-refractivity contribution in [3.05, 3.63) is 50.2 Å². The molecular weight excluding hydrogens is 296 g/mol.